The molecule has 0 N–H and O–H groups in total. The molecule has 28 heavy (non-hydrogen) atoms. The zero-order valence-electron chi connectivity index (χ0n) is 15.7. The number of hydrogen-bond donors (Lipinski definition) is 0. The summed E-state index contributed by atoms with van der Waals surface area (Å²) in [5.41, 5.74) is 0.581. The fraction of sp³-hybridized carbons (Fsp3) is 0.556. The molecule has 0 unspecified atom stereocenters. The molecule has 2 fully saturated rings. The van der Waals surface area contributed by atoms with E-state index in [4.69, 9.17) is 23.2 Å². The van der Waals surface area contributed by atoms with E-state index in [-0.39, 0.29) is 27.6 Å². The maximum absolute atomic E-state index is 13.1. The molecular formula is C18H22Cl2N4O3S. The second-order valence-corrected chi connectivity index (χ2v) is 10.3. The van der Waals surface area contributed by atoms with Crippen molar-refractivity contribution in [1.29, 1.82) is 0 Å². The van der Waals surface area contributed by atoms with Crippen LogP contribution in [0.2, 0.25) is 10.0 Å². The number of nitrogens with zero attached hydrogens (tertiary/aromatic N) is 4. The van der Waals surface area contributed by atoms with Crippen LogP contribution >= 0.6 is 23.2 Å². The number of hydrogen-bond acceptors (Lipinski definition) is 4. The first kappa shape index (κ1) is 19.9. The number of aryl methyl sites for hydroxylation is 2. The fourth-order valence-corrected chi connectivity index (χ4v) is 6.05. The number of piperidine rings is 1. The highest BCUT2D eigenvalue weighted by Crippen LogP contribution is 2.38. The van der Waals surface area contributed by atoms with Gasteiger partial charge in [0.25, 0.3) is 0 Å². The Morgan fingerprint density at radius 3 is 2.32 bits per heavy atom. The predicted octanol–water partition coefficient (Wildman–Crippen LogP) is 3.10. The maximum atomic E-state index is 13.1. The Hall–Kier alpha value is -1.35. The first-order valence-electron chi connectivity index (χ1n) is 9.31. The van der Waals surface area contributed by atoms with Crippen molar-refractivity contribution in [3.63, 3.8) is 0 Å². The van der Waals surface area contributed by atoms with Gasteiger partial charge in [0.05, 0.1) is 5.02 Å². The molecule has 0 atom stereocenters. The lowest BCUT2D eigenvalue weighted by Crippen LogP contribution is -2.38. The topological polar surface area (TPSA) is 77.2 Å². The molecular weight excluding hydrogens is 423 g/mol. The van der Waals surface area contributed by atoms with Crippen molar-refractivity contribution in [2.75, 3.05) is 13.1 Å². The number of aromatic nitrogens is 3. The van der Waals surface area contributed by atoms with E-state index in [1.807, 2.05) is 0 Å². The molecule has 0 radical (unpaired) electrons. The van der Waals surface area contributed by atoms with E-state index < -0.39 is 10.0 Å². The van der Waals surface area contributed by atoms with Gasteiger partial charge in [0.2, 0.25) is 10.0 Å². The summed E-state index contributed by atoms with van der Waals surface area (Å²) < 4.78 is 30.8. The summed E-state index contributed by atoms with van der Waals surface area (Å²) in [5, 5.41) is 5.01. The first-order chi connectivity index (χ1) is 13.2. The quantitative estimate of drug-likeness (QED) is 0.725. The third-order valence-electron chi connectivity index (χ3n) is 5.54. The van der Waals surface area contributed by atoms with E-state index in [1.54, 1.807) is 18.5 Å². The van der Waals surface area contributed by atoms with Crippen molar-refractivity contribution in [2.24, 2.45) is 7.05 Å². The zero-order chi connectivity index (χ0) is 20.2. The van der Waals surface area contributed by atoms with E-state index in [0.717, 1.165) is 18.7 Å². The van der Waals surface area contributed by atoms with Gasteiger partial charge in [-0.1, -0.05) is 23.2 Å². The molecule has 2 heterocycles. The van der Waals surface area contributed by atoms with Crippen LogP contribution < -0.4 is 5.69 Å². The molecule has 10 heteroatoms. The standard InChI is InChI=1S/C18H22Cl2N4O3S/c1-11-9-16(15(20)10-14(11)19)28(26,27)23-7-5-12(6-8-23)17-21-22(2)18(25)24(17)13-3-4-13/h9-10,12-13H,3-8H2,1-2H3. The van der Waals surface area contributed by atoms with E-state index in [9.17, 15) is 13.2 Å². The van der Waals surface area contributed by atoms with Gasteiger partial charge in [0.1, 0.15) is 10.7 Å². The lowest BCUT2D eigenvalue weighted by molar-refractivity contribution is 0.308. The number of sulfonamides is 1. The number of benzene rings is 1. The Kier molecular flexibility index (Phi) is 5.10. The van der Waals surface area contributed by atoms with E-state index in [1.165, 1.54) is 21.1 Å². The highest BCUT2D eigenvalue weighted by molar-refractivity contribution is 7.89. The van der Waals surface area contributed by atoms with E-state index >= 15 is 0 Å². The van der Waals surface area contributed by atoms with Crippen LogP contribution in [0.15, 0.2) is 21.8 Å². The predicted molar refractivity (Wildman–Crippen MR) is 108 cm³/mol. The van der Waals surface area contributed by atoms with Crippen molar-refractivity contribution in [1.82, 2.24) is 18.7 Å². The molecule has 0 bridgehead atoms. The minimum atomic E-state index is -3.71. The minimum absolute atomic E-state index is 0.0726. The summed E-state index contributed by atoms with van der Waals surface area (Å²) in [6, 6.07) is 3.24. The monoisotopic (exact) mass is 444 g/mol. The number of halogens is 2. The molecule has 4 rings (SSSR count). The molecule has 1 aromatic heterocycles. The maximum Gasteiger partial charge on any atom is 0.345 e. The van der Waals surface area contributed by atoms with Gasteiger partial charge in [0, 0.05) is 37.1 Å². The van der Waals surface area contributed by atoms with Gasteiger partial charge in [-0.15, -0.1) is 0 Å². The van der Waals surface area contributed by atoms with Crippen LogP contribution in [0, 0.1) is 6.92 Å². The zero-order valence-corrected chi connectivity index (χ0v) is 18.1. The van der Waals surface area contributed by atoms with Gasteiger partial charge in [-0.2, -0.15) is 9.40 Å². The Morgan fingerprint density at radius 2 is 1.71 bits per heavy atom. The van der Waals surface area contributed by atoms with Crippen molar-refractivity contribution < 1.29 is 8.42 Å². The van der Waals surface area contributed by atoms with Gasteiger partial charge in [-0.05, 0) is 50.3 Å². The second kappa shape index (κ2) is 7.16. The molecule has 0 amide bonds. The van der Waals surface area contributed by atoms with E-state index in [0.29, 0.717) is 36.5 Å². The minimum Gasteiger partial charge on any atom is -0.276 e. The highest BCUT2D eigenvalue weighted by atomic mass is 35.5. The van der Waals surface area contributed by atoms with Gasteiger partial charge < -0.3 is 0 Å². The SMILES string of the molecule is Cc1cc(S(=O)(=O)N2CCC(c3nn(C)c(=O)n3C3CC3)CC2)c(Cl)cc1Cl. The molecule has 2 aliphatic rings. The van der Waals surface area contributed by atoms with Crippen LogP contribution in [0.4, 0.5) is 0 Å². The van der Waals surface area contributed by atoms with Crippen LogP contribution in [0.5, 0.6) is 0 Å². The third kappa shape index (κ3) is 3.40. The molecule has 1 aromatic carbocycles. The summed E-state index contributed by atoms with van der Waals surface area (Å²) in [5.74, 6) is 0.857. The van der Waals surface area contributed by atoms with Gasteiger partial charge >= 0.3 is 5.69 Å². The molecule has 0 spiro atoms. The van der Waals surface area contributed by atoms with Crippen molar-refractivity contribution in [2.45, 2.75) is 49.5 Å². The van der Waals surface area contributed by atoms with Crippen molar-refractivity contribution in [3.05, 3.63) is 44.1 Å². The Labute approximate surface area is 173 Å². The van der Waals surface area contributed by atoms with Gasteiger partial charge in [0.15, 0.2) is 0 Å². The average Bonchev–Trinajstić information content (AvgIpc) is 3.44. The molecule has 1 saturated heterocycles. The van der Waals surface area contributed by atoms with Crippen LogP contribution in [0.3, 0.4) is 0 Å². The summed E-state index contributed by atoms with van der Waals surface area (Å²) in [6.45, 7) is 2.48. The molecule has 1 saturated carbocycles. The van der Waals surface area contributed by atoms with Crippen molar-refractivity contribution in [3.8, 4) is 0 Å². The normalized spacial score (nSPS) is 19.3. The number of rotatable bonds is 4. The lowest BCUT2D eigenvalue weighted by atomic mass is 9.97. The highest BCUT2D eigenvalue weighted by Gasteiger charge is 2.36. The third-order valence-corrected chi connectivity index (χ3v) is 8.31. The Bertz CT molecular complexity index is 1080. The van der Waals surface area contributed by atoms with Crippen LogP contribution in [-0.2, 0) is 17.1 Å². The Morgan fingerprint density at radius 1 is 1.07 bits per heavy atom. The summed E-state index contributed by atoms with van der Waals surface area (Å²) >= 11 is 12.2. The second-order valence-electron chi connectivity index (χ2n) is 7.58. The fourth-order valence-electron chi connectivity index (χ4n) is 3.77. The van der Waals surface area contributed by atoms with Crippen LogP contribution in [0.1, 0.15) is 49.0 Å². The van der Waals surface area contributed by atoms with Crippen molar-refractivity contribution >= 4 is 33.2 Å². The average molecular weight is 445 g/mol. The summed E-state index contributed by atoms with van der Waals surface area (Å²) in [7, 11) is -2.04. The largest absolute Gasteiger partial charge is 0.345 e. The smallest absolute Gasteiger partial charge is 0.276 e. The van der Waals surface area contributed by atoms with Crippen LogP contribution in [0.25, 0.3) is 0 Å². The first-order valence-corrected chi connectivity index (χ1v) is 11.5. The lowest BCUT2D eigenvalue weighted by Gasteiger charge is -2.31. The summed E-state index contributed by atoms with van der Waals surface area (Å²) in [4.78, 5) is 12.4. The van der Waals surface area contributed by atoms with Crippen LogP contribution in [-0.4, -0.2) is 40.2 Å². The molecule has 2 aromatic rings. The molecule has 1 aliphatic carbocycles. The molecule has 1 aliphatic heterocycles. The Balaban J connectivity index is 1.56. The molecule has 152 valence electrons. The van der Waals surface area contributed by atoms with Gasteiger partial charge in [-0.3, -0.25) is 4.57 Å². The van der Waals surface area contributed by atoms with E-state index in [2.05, 4.69) is 5.10 Å². The van der Waals surface area contributed by atoms with Gasteiger partial charge in [-0.25, -0.2) is 17.9 Å². The molecule has 7 nitrogen and oxygen atoms in total. The summed E-state index contributed by atoms with van der Waals surface area (Å²) in [6.07, 6.45) is 3.24.